The van der Waals surface area contributed by atoms with E-state index in [4.69, 9.17) is 10.00 Å². The van der Waals surface area contributed by atoms with Crippen LogP contribution in [0.1, 0.15) is 29.7 Å². The first-order chi connectivity index (χ1) is 13.5. The lowest BCUT2D eigenvalue weighted by molar-refractivity contribution is -0.0605. The fourth-order valence-electron chi connectivity index (χ4n) is 3.27. The lowest BCUT2D eigenvalue weighted by Gasteiger charge is -2.38. The number of guanidine groups is 1. The summed E-state index contributed by atoms with van der Waals surface area (Å²) in [5.74, 6) is -0.0472. The second-order valence-corrected chi connectivity index (χ2v) is 6.71. The number of ether oxygens (including phenoxy) is 1. The number of benzene rings is 2. The van der Waals surface area contributed by atoms with Gasteiger partial charge in [0.15, 0.2) is 5.96 Å². The first-order valence-electron chi connectivity index (χ1n) is 9.05. The maximum Gasteiger partial charge on any atom is 0.194 e. The first kappa shape index (κ1) is 19.8. The Bertz CT molecular complexity index is 892. The predicted molar refractivity (Wildman–Crippen MR) is 103 cm³/mol. The topological polar surface area (TPSA) is 60.7 Å². The normalized spacial score (nSPS) is 20.0. The number of morpholine rings is 1. The molecule has 0 aromatic heterocycles. The van der Waals surface area contributed by atoms with Crippen molar-refractivity contribution in [2.75, 3.05) is 20.1 Å². The molecule has 0 spiro atoms. The monoisotopic (exact) mass is 384 g/mol. The number of hydrogen-bond donors (Lipinski definition) is 1. The molecule has 7 heteroatoms. The molecule has 1 aliphatic heterocycles. The molecule has 1 N–H and O–H groups in total. The minimum Gasteiger partial charge on any atom is -0.367 e. The van der Waals surface area contributed by atoms with Crippen molar-refractivity contribution < 1.29 is 13.5 Å². The fourth-order valence-corrected chi connectivity index (χ4v) is 3.27. The molecule has 1 aliphatic rings. The largest absolute Gasteiger partial charge is 0.367 e. The van der Waals surface area contributed by atoms with Gasteiger partial charge in [0.05, 0.1) is 24.3 Å². The molecular formula is C21H22F2N4O. The van der Waals surface area contributed by atoms with Crippen LogP contribution in [-0.2, 0) is 11.3 Å². The highest BCUT2D eigenvalue weighted by atomic mass is 19.1. The van der Waals surface area contributed by atoms with E-state index in [9.17, 15) is 8.78 Å². The standard InChI is InChI=1S/C21H22F2N4O/c1-14-12-27(13-20(28-14)16-4-6-18(22)7-5-16)21(25-2)26-11-17-9-15(10-24)3-8-19(17)23/h3-9,14,20H,11-13H2,1-2H3,(H,25,26). The van der Waals surface area contributed by atoms with Crippen molar-refractivity contribution >= 4 is 5.96 Å². The van der Waals surface area contributed by atoms with Crippen LogP contribution in [0.5, 0.6) is 0 Å². The molecule has 2 unspecified atom stereocenters. The number of nitrogens with zero attached hydrogens (tertiary/aromatic N) is 3. The maximum absolute atomic E-state index is 14.0. The highest BCUT2D eigenvalue weighted by Crippen LogP contribution is 2.25. The second-order valence-electron chi connectivity index (χ2n) is 6.71. The first-order valence-corrected chi connectivity index (χ1v) is 9.05. The number of rotatable bonds is 3. The van der Waals surface area contributed by atoms with Gasteiger partial charge in [-0.3, -0.25) is 4.99 Å². The quantitative estimate of drug-likeness (QED) is 0.651. The van der Waals surface area contributed by atoms with Gasteiger partial charge in [-0.2, -0.15) is 5.26 Å². The molecule has 5 nitrogen and oxygen atoms in total. The third-order valence-corrected chi connectivity index (χ3v) is 4.63. The zero-order chi connectivity index (χ0) is 20.1. The molecule has 2 atom stereocenters. The molecule has 3 rings (SSSR count). The molecule has 2 aromatic carbocycles. The van der Waals surface area contributed by atoms with E-state index < -0.39 is 0 Å². The molecule has 0 saturated carbocycles. The van der Waals surface area contributed by atoms with E-state index in [1.54, 1.807) is 19.2 Å². The molecule has 28 heavy (non-hydrogen) atoms. The Balaban J connectivity index is 1.71. The Morgan fingerprint density at radius 1 is 1.25 bits per heavy atom. The molecule has 2 aromatic rings. The van der Waals surface area contributed by atoms with Crippen LogP contribution < -0.4 is 5.32 Å². The van der Waals surface area contributed by atoms with Crippen LogP contribution in [0, 0.1) is 23.0 Å². The third-order valence-electron chi connectivity index (χ3n) is 4.63. The molecule has 1 heterocycles. The van der Waals surface area contributed by atoms with Gasteiger partial charge in [-0.1, -0.05) is 12.1 Å². The summed E-state index contributed by atoms with van der Waals surface area (Å²) in [4.78, 5) is 6.34. The zero-order valence-electron chi connectivity index (χ0n) is 15.8. The van der Waals surface area contributed by atoms with Crippen molar-refractivity contribution in [1.82, 2.24) is 10.2 Å². The number of aliphatic imine (C=N–C) groups is 1. The lowest BCUT2D eigenvalue weighted by atomic mass is 10.1. The molecule has 146 valence electrons. The SMILES string of the molecule is CN=C(NCc1cc(C#N)ccc1F)N1CC(C)OC(c2ccc(F)cc2)C1. The van der Waals surface area contributed by atoms with E-state index in [1.807, 2.05) is 17.9 Å². The average Bonchev–Trinajstić information content (AvgIpc) is 2.70. The van der Waals surface area contributed by atoms with Crippen LogP contribution in [0.3, 0.4) is 0 Å². The molecule has 0 aliphatic carbocycles. The van der Waals surface area contributed by atoms with Crippen LogP contribution in [0.2, 0.25) is 0 Å². The summed E-state index contributed by atoms with van der Waals surface area (Å²) in [6.07, 6.45) is -0.275. The number of nitriles is 1. The van der Waals surface area contributed by atoms with Crippen molar-refractivity contribution in [2.45, 2.75) is 25.7 Å². The summed E-state index contributed by atoms with van der Waals surface area (Å²) in [6, 6.07) is 12.6. The van der Waals surface area contributed by atoms with Crippen LogP contribution in [0.25, 0.3) is 0 Å². The van der Waals surface area contributed by atoms with Crippen molar-refractivity contribution in [2.24, 2.45) is 4.99 Å². The highest BCUT2D eigenvalue weighted by Gasteiger charge is 2.28. The van der Waals surface area contributed by atoms with Gasteiger partial charge >= 0.3 is 0 Å². The summed E-state index contributed by atoms with van der Waals surface area (Å²) in [7, 11) is 1.66. The summed E-state index contributed by atoms with van der Waals surface area (Å²) < 4.78 is 33.2. The van der Waals surface area contributed by atoms with Crippen LogP contribution in [0.15, 0.2) is 47.5 Å². The van der Waals surface area contributed by atoms with E-state index in [-0.39, 0.29) is 30.4 Å². The van der Waals surface area contributed by atoms with Crippen molar-refractivity contribution in [3.63, 3.8) is 0 Å². The molecular weight excluding hydrogens is 362 g/mol. The van der Waals surface area contributed by atoms with Gasteiger partial charge in [0.2, 0.25) is 0 Å². The number of halogens is 2. The molecule has 0 amide bonds. The summed E-state index contributed by atoms with van der Waals surface area (Å²) in [5.41, 5.74) is 1.70. The minimum atomic E-state index is -0.374. The van der Waals surface area contributed by atoms with Crippen molar-refractivity contribution in [1.29, 1.82) is 5.26 Å². The molecule has 1 saturated heterocycles. The third kappa shape index (κ3) is 4.65. The van der Waals surface area contributed by atoms with Crippen LogP contribution >= 0.6 is 0 Å². The molecule has 0 bridgehead atoms. The van der Waals surface area contributed by atoms with Gasteiger partial charge in [0.1, 0.15) is 17.7 Å². The van der Waals surface area contributed by atoms with Gasteiger partial charge < -0.3 is 15.0 Å². The highest BCUT2D eigenvalue weighted by molar-refractivity contribution is 5.80. The Hall–Kier alpha value is -2.98. The second kappa shape index (κ2) is 8.81. The van der Waals surface area contributed by atoms with Gasteiger partial charge in [0, 0.05) is 25.7 Å². The van der Waals surface area contributed by atoms with E-state index in [2.05, 4.69) is 10.3 Å². The Kier molecular flexibility index (Phi) is 6.22. The Labute approximate surface area is 163 Å². The predicted octanol–water partition coefficient (Wildman–Crippen LogP) is 3.37. The van der Waals surface area contributed by atoms with Gasteiger partial charge in [-0.15, -0.1) is 0 Å². The van der Waals surface area contributed by atoms with E-state index in [1.165, 1.54) is 30.3 Å². The van der Waals surface area contributed by atoms with Crippen LogP contribution in [-0.4, -0.2) is 37.1 Å². The summed E-state index contributed by atoms with van der Waals surface area (Å²) in [5, 5.41) is 12.2. The maximum atomic E-state index is 14.0. The van der Waals surface area contributed by atoms with Crippen LogP contribution in [0.4, 0.5) is 8.78 Å². The molecule has 1 fully saturated rings. The number of nitrogens with one attached hydrogen (secondary N) is 1. The minimum absolute atomic E-state index is 0.0546. The van der Waals surface area contributed by atoms with Crippen molar-refractivity contribution in [3.8, 4) is 6.07 Å². The smallest absolute Gasteiger partial charge is 0.194 e. The lowest BCUT2D eigenvalue weighted by Crippen LogP contribution is -2.50. The summed E-state index contributed by atoms with van der Waals surface area (Å²) in [6.45, 7) is 3.33. The van der Waals surface area contributed by atoms with Gasteiger partial charge in [-0.25, -0.2) is 8.78 Å². The Morgan fingerprint density at radius 3 is 2.68 bits per heavy atom. The fraction of sp³-hybridized carbons (Fsp3) is 0.333. The Morgan fingerprint density at radius 2 is 2.00 bits per heavy atom. The molecule has 0 radical (unpaired) electrons. The van der Waals surface area contributed by atoms with Gasteiger partial charge in [-0.05, 0) is 42.8 Å². The summed E-state index contributed by atoms with van der Waals surface area (Å²) >= 11 is 0. The van der Waals surface area contributed by atoms with Crippen molar-refractivity contribution in [3.05, 3.63) is 70.8 Å². The van der Waals surface area contributed by atoms with E-state index in [0.29, 0.717) is 30.2 Å². The van der Waals surface area contributed by atoms with E-state index >= 15 is 0 Å². The average molecular weight is 384 g/mol. The number of hydrogen-bond acceptors (Lipinski definition) is 3. The zero-order valence-corrected chi connectivity index (χ0v) is 15.8. The van der Waals surface area contributed by atoms with E-state index in [0.717, 1.165) is 5.56 Å². The van der Waals surface area contributed by atoms with Gasteiger partial charge in [0.25, 0.3) is 0 Å².